The van der Waals surface area contributed by atoms with Crippen molar-refractivity contribution in [2.24, 2.45) is 5.73 Å². The SMILES string of the molecule is N=CC(=CN)c1ccc(C(=N)I)c(N)c1. The van der Waals surface area contributed by atoms with Crippen LogP contribution in [0.5, 0.6) is 0 Å². The molecule has 78 valence electrons. The summed E-state index contributed by atoms with van der Waals surface area (Å²) in [5.74, 6) is 0. The van der Waals surface area contributed by atoms with Gasteiger partial charge in [-0.1, -0.05) is 6.07 Å². The Kier molecular flexibility index (Phi) is 3.84. The fourth-order valence-electron chi connectivity index (χ4n) is 1.17. The third kappa shape index (κ3) is 2.56. The van der Waals surface area contributed by atoms with Crippen molar-refractivity contribution in [2.45, 2.75) is 0 Å². The topological polar surface area (TPSA) is 99.7 Å². The summed E-state index contributed by atoms with van der Waals surface area (Å²) < 4.78 is 0.393. The van der Waals surface area contributed by atoms with E-state index >= 15 is 0 Å². The van der Waals surface area contributed by atoms with Crippen molar-refractivity contribution < 1.29 is 0 Å². The predicted molar refractivity (Wildman–Crippen MR) is 72.7 cm³/mol. The van der Waals surface area contributed by atoms with E-state index in [0.717, 1.165) is 5.56 Å². The Morgan fingerprint density at radius 2 is 2.07 bits per heavy atom. The maximum absolute atomic E-state index is 7.47. The number of benzene rings is 1. The quantitative estimate of drug-likeness (QED) is 0.390. The molecule has 0 bridgehead atoms. The van der Waals surface area contributed by atoms with Crippen LogP contribution in [0.4, 0.5) is 5.69 Å². The summed E-state index contributed by atoms with van der Waals surface area (Å²) in [4.78, 5) is 0. The van der Waals surface area contributed by atoms with Gasteiger partial charge in [-0.3, -0.25) is 5.41 Å². The third-order valence-corrected chi connectivity index (χ3v) is 2.54. The molecule has 0 aliphatic rings. The van der Waals surface area contributed by atoms with Crippen LogP contribution in [0.1, 0.15) is 11.1 Å². The monoisotopic (exact) mass is 314 g/mol. The predicted octanol–water partition coefficient (Wildman–Crippen LogP) is 1.98. The Hall–Kier alpha value is -1.37. The minimum absolute atomic E-state index is 0.393. The molecule has 0 atom stereocenters. The molecule has 0 spiro atoms. The lowest BCUT2D eigenvalue weighted by molar-refractivity contribution is 1.51. The van der Waals surface area contributed by atoms with Gasteiger partial charge in [0, 0.05) is 29.2 Å². The highest BCUT2D eigenvalue weighted by Gasteiger charge is 2.05. The number of halogens is 1. The molecule has 0 fully saturated rings. The first-order chi connectivity index (χ1) is 7.10. The lowest BCUT2D eigenvalue weighted by Crippen LogP contribution is -1.99. The van der Waals surface area contributed by atoms with E-state index in [1.54, 1.807) is 18.2 Å². The fourth-order valence-corrected chi connectivity index (χ4v) is 1.66. The Bertz CT molecular complexity index is 437. The highest BCUT2D eigenvalue weighted by atomic mass is 127. The van der Waals surface area contributed by atoms with Crippen LogP contribution in [-0.2, 0) is 0 Å². The van der Waals surface area contributed by atoms with Gasteiger partial charge in [0.25, 0.3) is 0 Å². The second-order valence-corrected chi connectivity index (χ2v) is 3.96. The van der Waals surface area contributed by atoms with Gasteiger partial charge >= 0.3 is 0 Å². The van der Waals surface area contributed by atoms with Crippen LogP contribution in [0, 0.1) is 10.8 Å². The summed E-state index contributed by atoms with van der Waals surface area (Å²) in [6, 6.07) is 5.27. The van der Waals surface area contributed by atoms with Crippen molar-refractivity contribution in [3.05, 3.63) is 35.5 Å². The molecule has 0 aliphatic heterocycles. The Labute approximate surface area is 102 Å². The molecule has 6 N–H and O–H groups in total. The average molecular weight is 314 g/mol. The summed E-state index contributed by atoms with van der Waals surface area (Å²) in [5, 5.41) is 14.6. The lowest BCUT2D eigenvalue weighted by Gasteiger charge is -2.06. The van der Waals surface area contributed by atoms with Gasteiger partial charge in [-0.05, 0) is 40.3 Å². The Morgan fingerprint density at radius 3 is 2.47 bits per heavy atom. The van der Waals surface area contributed by atoms with Crippen LogP contribution in [0.25, 0.3) is 5.57 Å². The number of hydrogen-bond acceptors (Lipinski definition) is 4. The minimum atomic E-state index is 0.393. The van der Waals surface area contributed by atoms with E-state index in [1.807, 2.05) is 22.6 Å². The van der Waals surface area contributed by atoms with E-state index in [2.05, 4.69) is 0 Å². The molecule has 0 radical (unpaired) electrons. The molecule has 0 saturated carbocycles. The largest absolute Gasteiger partial charge is 0.404 e. The zero-order chi connectivity index (χ0) is 11.4. The zero-order valence-electron chi connectivity index (χ0n) is 7.92. The molecule has 5 heteroatoms. The van der Waals surface area contributed by atoms with Gasteiger partial charge in [0.1, 0.15) is 3.72 Å². The summed E-state index contributed by atoms with van der Waals surface area (Å²) in [5.41, 5.74) is 13.8. The molecule has 4 nitrogen and oxygen atoms in total. The number of rotatable bonds is 3. The van der Waals surface area contributed by atoms with Crippen molar-refractivity contribution in [1.82, 2.24) is 0 Å². The number of nitrogens with two attached hydrogens (primary N) is 2. The van der Waals surface area contributed by atoms with Gasteiger partial charge < -0.3 is 16.9 Å². The molecule has 0 saturated heterocycles. The van der Waals surface area contributed by atoms with Crippen LogP contribution in [-0.4, -0.2) is 9.93 Å². The van der Waals surface area contributed by atoms with Crippen LogP contribution < -0.4 is 11.5 Å². The van der Waals surface area contributed by atoms with Crippen LogP contribution >= 0.6 is 22.6 Å². The van der Waals surface area contributed by atoms with Crippen molar-refractivity contribution in [3.63, 3.8) is 0 Å². The van der Waals surface area contributed by atoms with Crippen molar-refractivity contribution in [2.75, 3.05) is 5.73 Å². The van der Waals surface area contributed by atoms with E-state index in [0.29, 0.717) is 20.5 Å². The normalized spacial score (nSPS) is 11.1. The number of nitrogens with one attached hydrogen (secondary N) is 2. The molecule has 15 heavy (non-hydrogen) atoms. The van der Waals surface area contributed by atoms with Gasteiger partial charge in [-0.2, -0.15) is 0 Å². The van der Waals surface area contributed by atoms with Crippen molar-refractivity contribution in [1.29, 1.82) is 10.8 Å². The molecular formula is C10H11IN4. The maximum atomic E-state index is 7.47. The third-order valence-electron chi connectivity index (χ3n) is 1.96. The highest BCUT2D eigenvalue weighted by molar-refractivity contribution is 14.1. The van der Waals surface area contributed by atoms with Gasteiger partial charge in [0.2, 0.25) is 0 Å². The summed E-state index contributed by atoms with van der Waals surface area (Å²) in [7, 11) is 0. The molecule has 0 aromatic heterocycles. The van der Waals surface area contributed by atoms with Crippen molar-refractivity contribution >= 4 is 43.8 Å². The summed E-state index contributed by atoms with van der Waals surface area (Å²) >= 11 is 1.90. The Morgan fingerprint density at radius 1 is 1.40 bits per heavy atom. The Balaban J connectivity index is 3.23. The summed E-state index contributed by atoms with van der Waals surface area (Å²) in [6.45, 7) is 0. The average Bonchev–Trinajstić information content (AvgIpc) is 2.19. The van der Waals surface area contributed by atoms with Gasteiger partial charge in [0.05, 0.1) is 0 Å². The van der Waals surface area contributed by atoms with Crippen LogP contribution in [0.15, 0.2) is 24.4 Å². The number of hydrogen-bond donors (Lipinski definition) is 4. The van der Waals surface area contributed by atoms with E-state index in [1.165, 1.54) is 12.4 Å². The summed E-state index contributed by atoms with van der Waals surface area (Å²) in [6.07, 6.45) is 2.53. The molecule has 0 heterocycles. The number of nitrogen functional groups attached to an aromatic ring is 1. The number of anilines is 1. The van der Waals surface area contributed by atoms with Crippen LogP contribution in [0.2, 0.25) is 0 Å². The van der Waals surface area contributed by atoms with Gasteiger partial charge in [-0.15, -0.1) is 0 Å². The van der Waals surface area contributed by atoms with E-state index in [4.69, 9.17) is 22.3 Å². The van der Waals surface area contributed by atoms with E-state index in [-0.39, 0.29) is 0 Å². The first-order valence-electron chi connectivity index (χ1n) is 4.17. The molecule has 1 rings (SSSR count). The molecule has 0 aliphatic carbocycles. The van der Waals surface area contributed by atoms with Crippen molar-refractivity contribution in [3.8, 4) is 0 Å². The minimum Gasteiger partial charge on any atom is -0.404 e. The molecule has 1 aromatic carbocycles. The smallest absolute Gasteiger partial charge is 0.101 e. The first-order valence-corrected chi connectivity index (χ1v) is 5.24. The molecular weight excluding hydrogens is 303 g/mol. The second kappa shape index (κ2) is 4.92. The fraction of sp³-hybridized carbons (Fsp3) is 0. The standard InChI is InChI=1S/C10H11IN4/c11-10(15)8-2-1-6(3-9(8)14)7(4-12)5-13/h1-5,12,15H,13-14H2. The van der Waals surface area contributed by atoms with Gasteiger partial charge in [0.15, 0.2) is 0 Å². The second-order valence-electron chi connectivity index (χ2n) is 2.88. The first kappa shape index (κ1) is 11.7. The zero-order valence-corrected chi connectivity index (χ0v) is 10.1. The van der Waals surface area contributed by atoms with Gasteiger partial charge in [-0.25, -0.2) is 0 Å². The lowest BCUT2D eigenvalue weighted by atomic mass is 10.0. The van der Waals surface area contributed by atoms with E-state index in [9.17, 15) is 0 Å². The molecule has 0 amide bonds. The highest BCUT2D eigenvalue weighted by Crippen LogP contribution is 2.21. The molecule has 0 unspecified atom stereocenters. The number of allylic oxidation sites excluding steroid dienone is 1. The van der Waals surface area contributed by atoms with E-state index < -0.39 is 0 Å². The van der Waals surface area contributed by atoms with Crippen LogP contribution in [0.3, 0.4) is 0 Å². The molecule has 1 aromatic rings. The maximum Gasteiger partial charge on any atom is 0.101 e.